The van der Waals surface area contributed by atoms with E-state index in [1.807, 2.05) is 13.0 Å². The number of amides is 1. The second kappa shape index (κ2) is 7.09. The van der Waals surface area contributed by atoms with Crippen molar-refractivity contribution >= 4 is 29.2 Å². The van der Waals surface area contributed by atoms with Crippen molar-refractivity contribution in [1.29, 1.82) is 0 Å². The van der Waals surface area contributed by atoms with Gasteiger partial charge in [0.25, 0.3) is 5.91 Å². The number of aryl methyl sites for hydroxylation is 1. The summed E-state index contributed by atoms with van der Waals surface area (Å²) in [5.74, 6) is -0.752. The summed E-state index contributed by atoms with van der Waals surface area (Å²) in [4.78, 5) is 23.9. The number of anilines is 1. The number of rotatable bonds is 4. The molecule has 0 aliphatic rings. The molecule has 2 aromatic carbocycles. The highest BCUT2D eigenvalue weighted by atomic mass is 35.5. The van der Waals surface area contributed by atoms with E-state index < -0.39 is 5.97 Å². The number of hydrogen-bond donors (Lipinski definition) is 1. The van der Waals surface area contributed by atoms with Crippen LogP contribution in [0.4, 0.5) is 5.69 Å². The summed E-state index contributed by atoms with van der Waals surface area (Å²) in [6.07, 6.45) is 0. The quantitative estimate of drug-likeness (QED) is 0.864. The molecule has 2 rings (SSSR count). The lowest BCUT2D eigenvalue weighted by molar-refractivity contribution is 0.0526. The van der Waals surface area contributed by atoms with Crippen LogP contribution >= 0.6 is 11.6 Å². The zero-order valence-corrected chi connectivity index (χ0v) is 13.1. The maximum absolute atomic E-state index is 12.2. The number of carbonyl (C=O) groups excluding carboxylic acids is 2. The van der Waals surface area contributed by atoms with Gasteiger partial charge in [0.05, 0.1) is 22.8 Å². The van der Waals surface area contributed by atoms with E-state index >= 15 is 0 Å². The minimum atomic E-state index is -0.424. The fourth-order valence-electron chi connectivity index (χ4n) is 1.94. The van der Waals surface area contributed by atoms with Gasteiger partial charge in [-0.1, -0.05) is 23.7 Å². The van der Waals surface area contributed by atoms with Gasteiger partial charge in [0, 0.05) is 5.69 Å². The lowest BCUT2D eigenvalue weighted by Crippen LogP contribution is -2.13. The molecule has 0 aromatic heterocycles. The Balaban J connectivity index is 2.18. The Morgan fingerprint density at radius 2 is 1.95 bits per heavy atom. The Bertz CT molecular complexity index is 713. The third kappa shape index (κ3) is 3.86. The van der Waals surface area contributed by atoms with Crippen molar-refractivity contribution < 1.29 is 14.3 Å². The molecule has 0 atom stereocenters. The lowest BCUT2D eigenvalue weighted by atomic mass is 10.1. The van der Waals surface area contributed by atoms with Crippen LogP contribution in [0.3, 0.4) is 0 Å². The fraction of sp³-hybridized carbons (Fsp3) is 0.176. The third-order valence-electron chi connectivity index (χ3n) is 3.00. The number of halogens is 1. The van der Waals surface area contributed by atoms with Crippen molar-refractivity contribution in [1.82, 2.24) is 0 Å². The van der Waals surface area contributed by atoms with Crippen LogP contribution in [0.25, 0.3) is 0 Å². The summed E-state index contributed by atoms with van der Waals surface area (Å²) >= 11 is 6.08. The highest BCUT2D eigenvalue weighted by Gasteiger charge is 2.12. The minimum absolute atomic E-state index is 0.300. The van der Waals surface area contributed by atoms with Crippen LogP contribution in [0.2, 0.25) is 5.02 Å². The summed E-state index contributed by atoms with van der Waals surface area (Å²) < 4.78 is 4.93. The first kappa shape index (κ1) is 16.0. The van der Waals surface area contributed by atoms with Gasteiger partial charge in [0.2, 0.25) is 0 Å². The summed E-state index contributed by atoms with van der Waals surface area (Å²) in [6.45, 7) is 3.94. The zero-order chi connectivity index (χ0) is 16.1. The molecule has 1 amide bonds. The molecule has 0 radical (unpaired) electrons. The average molecular weight is 318 g/mol. The van der Waals surface area contributed by atoms with Crippen LogP contribution in [-0.2, 0) is 4.74 Å². The number of ether oxygens (including phenoxy) is 1. The van der Waals surface area contributed by atoms with Gasteiger partial charge >= 0.3 is 5.97 Å². The zero-order valence-electron chi connectivity index (χ0n) is 12.4. The first-order chi connectivity index (χ1) is 10.5. The smallest absolute Gasteiger partial charge is 0.338 e. The summed E-state index contributed by atoms with van der Waals surface area (Å²) in [5.41, 5.74) is 2.25. The van der Waals surface area contributed by atoms with E-state index in [9.17, 15) is 9.59 Å². The Hall–Kier alpha value is -2.33. The monoisotopic (exact) mass is 317 g/mol. The number of benzene rings is 2. The molecule has 0 unspecified atom stereocenters. The Kier molecular flexibility index (Phi) is 5.17. The molecule has 1 N–H and O–H groups in total. The van der Waals surface area contributed by atoms with Crippen LogP contribution in [0, 0.1) is 6.92 Å². The first-order valence-corrected chi connectivity index (χ1v) is 7.23. The van der Waals surface area contributed by atoms with Crippen LogP contribution in [0.15, 0.2) is 42.5 Å². The SMILES string of the molecule is CCOC(=O)c1cccc(NC(=O)c2ccc(C)cc2Cl)c1. The highest BCUT2D eigenvalue weighted by molar-refractivity contribution is 6.34. The van der Waals surface area contributed by atoms with Crippen molar-refractivity contribution in [2.45, 2.75) is 13.8 Å². The first-order valence-electron chi connectivity index (χ1n) is 6.86. The maximum Gasteiger partial charge on any atom is 0.338 e. The molecular weight excluding hydrogens is 302 g/mol. The predicted molar refractivity (Wildman–Crippen MR) is 86.5 cm³/mol. The molecule has 0 heterocycles. The van der Waals surface area contributed by atoms with E-state index in [0.717, 1.165) is 5.56 Å². The molecule has 0 saturated carbocycles. The van der Waals surface area contributed by atoms with Crippen molar-refractivity contribution in [3.8, 4) is 0 Å². The molecule has 0 saturated heterocycles. The molecule has 0 spiro atoms. The van der Waals surface area contributed by atoms with E-state index in [1.165, 1.54) is 0 Å². The van der Waals surface area contributed by atoms with Crippen LogP contribution in [0.5, 0.6) is 0 Å². The van der Waals surface area contributed by atoms with Gasteiger partial charge in [-0.25, -0.2) is 4.79 Å². The number of nitrogens with one attached hydrogen (secondary N) is 1. The number of hydrogen-bond acceptors (Lipinski definition) is 3. The van der Waals surface area contributed by atoms with E-state index in [1.54, 1.807) is 43.3 Å². The van der Waals surface area contributed by atoms with Gasteiger partial charge in [0.15, 0.2) is 0 Å². The van der Waals surface area contributed by atoms with Gasteiger partial charge in [-0.05, 0) is 49.7 Å². The summed E-state index contributed by atoms with van der Waals surface area (Å²) in [7, 11) is 0. The van der Waals surface area contributed by atoms with E-state index in [0.29, 0.717) is 28.4 Å². The minimum Gasteiger partial charge on any atom is -0.462 e. The standard InChI is InChI=1S/C17H16ClNO3/c1-3-22-17(21)12-5-4-6-13(10-12)19-16(20)14-8-7-11(2)9-15(14)18/h4-10H,3H2,1-2H3,(H,19,20). The van der Waals surface area contributed by atoms with Crippen molar-refractivity contribution in [2.75, 3.05) is 11.9 Å². The molecule has 0 bridgehead atoms. The molecule has 2 aromatic rings. The predicted octanol–water partition coefficient (Wildman–Crippen LogP) is 4.08. The molecule has 0 fully saturated rings. The Morgan fingerprint density at radius 3 is 2.64 bits per heavy atom. The van der Waals surface area contributed by atoms with Crippen molar-refractivity contribution in [3.05, 3.63) is 64.2 Å². The molecular formula is C17H16ClNO3. The van der Waals surface area contributed by atoms with Gasteiger partial charge < -0.3 is 10.1 Å². The van der Waals surface area contributed by atoms with Crippen molar-refractivity contribution in [2.24, 2.45) is 0 Å². The lowest BCUT2D eigenvalue weighted by Gasteiger charge is -2.09. The number of carbonyl (C=O) groups is 2. The van der Waals surface area contributed by atoms with Crippen LogP contribution < -0.4 is 5.32 Å². The maximum atomic E-state index is 12.2. The fourth-order valence-corrected chi connectivity index (χ4v) is 2.26. The number of esters is 1. The van der Waals surface area contributed by atoms with Crippen molar-refractivity contribution in [3.63, 3.8) is 0 Å². The van der Waals surface area contributed by atoms with Gasteiger partial charge in [-0.3, -0.25) is 4.79 Å². The van der Waals surface area contributed by atoms with Gasteiger partial charge in [0.1, 0.15) is 0 Å². The summed E-state index contributed by atoms with van der Waals surface area (Å²) in [6, 6.07) is 11.8. The van der Waals surface area contributed by atoms with Crippen LogP contribution in [0.1, 0.15) is 33.2 Å². The van der Waals surface area contributed by atoms with E-state index in [4.69, 9.17) is 16.3 Å². The normalized spacial score (nSPS) is 10.1. The third-order valence-corrected chi connectivity index (χ3v) is 3.31. The van der Waals surface area contributed by atoms with Gasteiger partial charge in [-0.15, -0.1) is 0 Å². The second-order valence-corrected chi connectivity index (χ2v) is 5.15. The Morgan fingerprint density at radius 1 is 1.18 bits per heavy atom. The average Bonchev–Trinajstić information content (AvgIpc) is 2.47. The molecule has 22 heavy (non-hydrogen) atoms. The highest BCUT2D eigenvalue weighted by Crippen LogP contribution is 2.20. The topological polar surface area (TPSA) is 55.4 Å². The van der Waals surface area contributed by atoms with Crippen LogP contribution in [-0.4, -0.2) is 18.5 Å². The molecule has 5 heteroatoms. The molecule has 0 aliphatic heterocycles. The van der Waals surface area contributed by atoms with Gasteiger partial charge in [-0.2, -0.15) is 0 Å². The van der Waals surface area contributed by atoms with E-state index in [-0.39, 0.29) is 5.91 Å². The largest absolute Gasteiger partial charge is 0.462 e. The Labute approximate surface area is 134 Å². The molecule has 0 aliphatic carbocycles. The molecule has 4 nitrogen and oxygen atoms in total. The summed E-state index contributed by atoms with van der Waals surface area (Å²) in [5, 5.41) is 3.11. The van der Waals surface area contributed by atoms with E-state index in [2.05, 4.69) is 5.32 Å². The second-order valence-electron chi connectivity index (χ2n) is 4.74. The molecule has 114 valence electrons.